The molecule has 0 bridgehead atoms. The number of aliphatic hydroxyl groups is 1. The van der Waals surface area contributed by atoms with Crippen molar-refractivity contribution in [2.75, 3.05) is 32.8 Å². The van der Waals surface area contributed by atoms with Gasteiger partial charge in [-0.15, -0.1) is 0 Å². The van der Waals surface area contributed by atoms with E-state index in [1.54, 1.807) is 29.4 Å². The maximum atomic E-state index is 13.0. The van der Waals surface area contributed by atoms with Crippen LogP contribution in [0, 0.1) is 0 Å². The summed E-state index contributed by atoms with van der Waals surface area (Å²) in [5, 5.41) is 11.0. The number of benzene rings is 1. The first-order valence-corrected chi connectivity index (χ1v) is 11.2. The summed E-state index contributed by atoms with van der Waals surface area (Å²) in [7, 11) is 0. The molecule has 1 aromatic carbocycles. The quantitative estimate of drug-likeness (QED) is 0.347. The highest BCUT2D eigenvalue weighted by Gasteiger charge is 2.45. The van der Waals surface area contributed by atoms with Crippen LogP contribution >= 0.6 is 0 Å². The first-order chi connectivity index (χ1) is 15.5. The summed E-state index contributed by atoms with van der Waals surface area (Å²) in [6, 6.07) is 9.92. The molecule has 0 spiro atoms. The highest BCUT2D eigenvalue weighted by Crippen LogP contribution is 2.39. The van der Waals surface area contributed by atoms with Crippen LogP contribution in [0.4, 0.5) is 0 Å². The van der Waals surface area contributed by atoms with Gasteiger partial charge in [-0.05, 0) is 62.8 Å². The Kier molecular flexibility index (Phi) is 8.00. The molecule has 1 aliphatic rings. The van der Waals surface area contributed by atoms with Crippen LogP contribution in [0.3, 0.4) is 0 Å². The van der Waals surface area contributed by atoms with E-state index in [2.05, 4.69) is 23.7 Å². The zero-order valence-electron chi connectivity index (χ0n) is 19.0. The van der Waals surface area contributed by atoms with Crippen LogP contribution in [0.1, 0.15) is 44.4 Å². The summed E-state index contributed by atoms with van der Waals surface area (Å²) in [5.41, 5.74) is 1.32. The lowest BCUT2D eigenvalue weighted by atomic mass is 9.95. The number of nitrogens with zero attached hydrogens (tertiary/aromatic N) is 3. The molecular weight excluding hydrogens is 406 g/mol. The van der Waals surface area contributed by atoms with E-state index in [9.17, 15) is 14.7 Å². The number of amides is 1. The minimum Gasteiger partial charge on any atom is -0.507 e. The molecule has 1 saturated heterocycles. The number of Topliss-reactive ketones (excluding diaryl/α,β-unsaturated/α-hetero) is 1. The van der Waals surface area contributed by atoms with E-state index in [-0.39, 0.29) is 11.3 Å². The highest BCUT2D eigenvalue weighted by atomic mass is 16.5. The summed E-state index contributed by atoms with van der Waals surface area (Å²) in [6.45, 7) is 9.77. The summed E-state index contributed by atoms with van der Waals surface area (Å²) < 4.78 is 5.53. The molecule has 1 amide bonds. The number of aromatic nitrogens is 1. The molecule has 170 valence electrons. The number of carbonyl (C=O) groups is 2. The SMILES string of the molecule is CCOc1ccc(C2/C(=C(\O)c3ccncc3)C(=O)C(=O)N2CCCN(CC)CC)cc1. The Balaban J connectivity index is 1.99. The van der Waals surface area contributed by atoms with Gasteiger partial charge in [-0.2, -0.15) is 0 Å². The van der Waals surface area contributed by atoms with Crippen molar-refractivity contribution in [1.82, 2.24) is 14.8 Å². The molecule has 1 unspecified atom stereocenters. The number of ether oxygens (including phenoxy) is 1. The topological polar surface area (TPSA) is 83.0 Å². The molecule has 7 heteroatoms. The smallest absolute Gasteiger partial charge is 0.295 e. The zero-order chi connectivity index (χ0) is 23.1. The van der Waals surface area contributed by atoms with Gasteiger partial charge in [0.2, 0.25) is 0 Å². The number of aliphatic hydroxyl groups excluding tert-OH is 1. The molecule has 1 fully saturated rings. The van der Waals surface area contributed by atoms with Crippen LogP contribution in [0.2, 0.25) is 0 Å². The van der Waals surface area contributed by atoms with Crippen molar-refractivity contribution in [3.05, 3.63) is 65.5 Å². The van der Waals surface area contributed by atoms with Gasteiger partial charge in [0.1, 0.15) is 11.5 Å². The molecule has 2 aromatic rings. The average molecular weight is 438 g/mol. The zero-order valence-corrected chi connectivity index (χ0v) is 19.0. The van der Waals surface area contributed by atoms with Crippen molar-refractivity contribution in [2.45, 2.75) is 33.2 Å². The molecule has 32 heavy (non-hydrogen) atoms. The highest BCUT2D eigenvalue weighted by molar-refractivity contribution is 6.46. The maximum absolute atomic E-state index is 13.0. The third kappa shape index (κ3) is 4.99. The Hall–Kier alpha value is -3.19. The Morgan fingerprint density at radius 1 is 1.06 bits per heavy atom. The summed E-state index contributed by atoms with van der Waals surface area (Å²) in [6.07, 6.45) is 3.82. The summed E-state index contributed by atoms with van der Waals surface area (Å²) in [4.78, 5) is 33.9. The fraction of sp³-hybridized carbons (Fsp3) is 0.400. The van der Waals surface area contributed by atoms with Crippen LogP contribution in [-0.4, -0.2) is 64.4 Å². The third-order valence-electron chi connectivity index (χ3n) is 5.77. The Bertz CT molecular complexity index is 953. The van der Waals surface area contributed by atoms with Crippen molar-refractivity contribution in [3.8, 4) is 5.75 Å². The molecule has 1 aliphatic heterocycles. The molecule has 3 rings (SSSR count). The van der Waals surface area contributed by atoms with Crippen LogP contribution in [0.5, 0.6) is 5.75 Å². The molecule has 2 heterocycles. The molecule has 0 saturated carbocycles. The Morgan fingerprint density at radius 3 is 2.31 bits per heavy atom. The van der Waals surface area contributed by atoms with Gasteiger partial charge in [-0.3, -0.25) is 14.6 Å². The van der Waals surface area contributed by atoms with E-state index in [4.69, 9.17) is 4.74 Å². The standard InChI is InChI=1S/C25H31N3O4/c1-4-27(5-2)16-7-17-28-22(18-8-10-20(11-9-18)32-6-3)21(24(30)25(28)31)23(29)19-12-14-26-15-13-19/h8-15,22,29H,4-7,16-17H2,1-3H3/b23-21+. The van der Waals surface area contributed by atoms with Gasteiger partial charge in [0.25, 0.3) is 11.7 Å². The second-order valence-corrected chi connectivity index (χ2v) is 7.61. The van der Waals surface area contributed by atoms with Crippen LogP contribution in [0.15, 0.2) is 54.4 Å². The fourth-order valence-corrected chi connectivity index (χ4v) is 4.04. The van der Waals surface area contributed by atoms with E-state index in [1.165, 1.54) is 0 Å². The summed E-state index contributed by atoms with van der Waals surface area (Å²) in [5.74, 6) is -0.722. The van der Waals surface area contributed by atoms with Crippen molar-refractivity contribution in [3.63, 3.8) is 0 Å². The molecule has 1 aromatic heterocycles. The lowest BCUT2D eigenvalue weighted by Crippen LogP contribution is -2.33. The minimum absolute atomic E-state index is 0.105. The first-order valence-electron chi connectivity index (χ1n) is 11.2. The molecular formula is C25H31N3O4. The fourth-order valence-electron chi connectivity index (χ4n) is 4.04. The number of pyridine rings is 1. The number of hydrogen-bond acceptors (Lipinski definition) is 6. The number of carbonyl (C=O) groups excluding carboxylic acids is 2. The molecule has 7 nitrogen and oxygen atoms in total. The predicted molar refractivity (Wildman–Crippen MR) is 123 cm³/mol. The Morgan fingerprint density at radius 2 is 1.72 bits per heavy atom. The number of likely N-dealkylation sites (tertiary alicyclic amines) is 1. The molecule has 1 atom stereocenters. The van der Waals surface area contributed by atoms with Gasteiger partial charge in [0, 0.05) is 24.5 Å². The summed E-state index contributed by atoms with van der Waals surface area (Å²) >= 11 is 0. The van der Waals surface area contributed by atoms with Crippen molar-refractivity contribution in [2.24, 2.45) is 0 Å². The van der Waals surface area contributed by atoms with Gasteiger partial charge >= 0.3 is 0 Å². The normalized spacial score (nSPS) is 17.9. The van der Waals surface area contributed by atoms with Crippen LogP contribution in [-0.2, 0) is 9.59 Å². The van der Waals surface area contributed by atoms with Gasteiger partial charge in [0.15, 0.2) is 0 Å². The Labute approximate surface area is 189 Å². The van der Waals surface area contributed by atoms with Crippen LogP contribution < -0.4 is 4.74 Å². The molecule has 0 radical (unpaired) electrons. The van der Waals surface area contributed by atoms with Crippen molar-refractivity contribution < 1.29 is 19.4 Å². The van der Waals surface area contributed by atoms with Crippen molar-refractivity contribution >= 4 is 17.4 Å². The van der Waals surface area contributed by atoms with Crippen LogP contribution in [0.25, 0.3) is 5.76 Å². The van der Waals surface area contributed by atoms with Gasteiger partial charge in [-0.25, -0.2) is 0 Å². The maximum Gasteiger partial charge on any atom is 0.295 e. The van der Waals surface area contributed by atoms with Gasteiger partial charge < -0.3 is 19.6 Å². The van der Waals surface area contributed by atoms with E-state index >= 15 is 0 Å². The second kappa shape index (κ2) is 10.9. The average Bonchev–Trinajstić information content (AvgIpc) is 3.07. The second-order valence-electron chi connectivity index (χ2n) is 7.61. The monoisotopic (exact) mass is 437 g/mol. The third-order valence-corrected chi connectivity index (χ3v) is 5.77. The molecule has 1 N–H and O–H groups in total. The van der Waals surface area contributed by atoms with Gasteiger partial charge in [-0.1, -0.05) is 26.0 Å². The van der Waals surface area contributed by atoms with E-state index in [0.717, 1.165) is 31.6 Å². The van der Waals surface area contributed by atoms with Crippen molar-refractivity contribution in [1.29, 1.82) is 0 Å². The van der Waals surface area contributed by atoms with Gasteiger partial charge in [0.05, 0.1) is 18.2 Å². The number of hydrogen-bond donors (Lipinski definition) is 1. The van der Waals surface area contributed by atoms with E-state index < -0.39 is 17.7 Å². The molecule has 0 aliphatic carbocycles. The van der Waals surface area contributed by atoms with E-state index in [0.29, 0.717) is 24.5 Å². The van der Waals surface area contributed by atoms with E-state index in [1.807, 2.05) is 31.2 Å². The number of ketones is 1. The lowest BCUT2D eigenvalue weighted by Gasteiger charge is -2.27. The predicted octanol–water partition coefficient (Wildman–Crippen LogP) is 3.63. The largest absolute Gasteiger partial charge is 0.507 e. The number of rotatable bonds is 10. The minimum atomic E-state index is -0.666. The lowest BCUT2D eigenvalue weighted by molar-refractivity contribution is -0.140. The first kappa shape index (κ1) is 23.5.